The molecule has 2 aromatic carbocycles. The Morgan fingerprint density at radius 3 is 2.58 bits per heavy atom. The minimum atomic E-state index is 0.390. The average molecular weight is 362 g/mol. The fourth-order valence-electron chi connectivity index (χ4n) is 2.89. The van der Waals surface area contributed by atoms with E-state index < -0.39 is 0 Å². The lowest BCUT2D eigenvalue weighted by atomic mass is 10.0. The maximum Gasteiger partial charge on any atom is 0.150 e. The second-order valence-corrected chi connectivity index (χ2v) is 6.26. The van der Waals surface area contributed by atoms with Gasteiger partial charge in [-0.05, 0) is 25.1 Å². The van der Waals surface area contributed by atoms with E-state index in [0.717, 1.165) is 33.4 Å². The van der Waals surface area contributed by atoms with Crippen molar-refractivity contribution in [3.8, 4) is 22.5 Å². The summed E-state index contributed by atoms with van der Waals surface area (Å²) in [5.41, 5.74) is 10.8. The van der Waals surface area contributed by atoms with Gasteiger partial charge in [-0.2, -0.15) is 5.10 Å². The lowest BCUT2D eigenvalue weighted by Crippen LogP contribution is -2.02. The quantitative estimate of drug-likeness (QED) is 0.540. The van der Waals surface area contributed by atoms with Crippen LogP contribution in [0.5, 0.6) is 0 Å². The fourth-order valence-corrected chi connectivity index (χ4v) is 3.16. The van der Waals surface area contributed by atoms with Crippen molar-refractivity contribution in [1.29, 1.82) is 0 Å². The van der Waals surface area contributed by atoms with Crippen LogP contribution >= 0.6 is 11.6 Å². The molecule has 5 nitrogen and oxygen atoms in total. The van der Waals surface area contributed by atoms with Gasteiger partial charge in [-0.15, -0.1) is 0 Å². The first-order chi connectivity index (χ1) is 12.7. The molecule has 0 amide bonds. The summed E-state index contributed by atoms with van der Waals surface area (Å²) in [5, 5.41) is 8.46. The van der Waals surface area contributed by atoms with Crippen molar-refractivity contribution in [2.24, 2.45) is 0 Å². The first-order valence-corrected chi connectivity index (χ1v) is 8.54. The van der Waals surface area contributed by atoms with Crippen LogP contribution in [-0.2, 0) is 0 Å². The number of allylic oxidation sites excluding steroid dienone is 1. The van der Waals surface area contributed by atoms with Crippen molar-refractivity contribution < 1.29 is 0 Å². The number of halogens is 1. The highest BCUT2D eigenvalue weighted by Crippen LogP contribution is 2.34. The molecule has 0 aliphatic rings. The Bertz CT molecular complexity index is 1120. The molecule has 6 heteroatoms. The summed E-state index contributed by atoms with van der Waals surface area (Å²) in [7, 11) is 0. The lowest BCUT2D eigenvalue weighted by Gasteiger charge is -2.12. The van der Waals surface area contributed by atoms with E-state index in [-0.39, 0.29) is 0 Å². The minimum Gasteiger partial charge on any atom is -0.382 e. The number of nitrogens with zero attached hydrogens (tertiary/aromatic N) is 3. The maximum atomic E-state index is 6.43. The summed E-state index contributed by atoms with van der Waals surface area (Å²) in [4.78, 5) is 9.41. The summed E-state index contributed by atoms with van der Waals surface area (Å²) >= 11 is 6.43. The number of nitrogens with one attached hydrogen (secondary N) is 1. The van der Waals surface area contributed by atoms with Gasteiger partial charge in [0.05, 0.1) is 28.1 Å². The molecule has 0 saturated heterocycles. The maximum absolute atomic E-state index is 6.43. The van der Waals surface area contributed by atoms with Gasteiger partial charge in [-0.3, -0.25) is 5.10 Å². The van der Waals surface area contributed by atoms with Crippen molar-refractivity contribution in [1.82, 2.24) is 20.2 Å². The van der Waals surface area contributed by atoms with Gasteiger partial charge in [0.15, 0.2) is 0 Å². The monoisotopic (exact) mass is 361 g/mol. The Morgan fingerprint density at radius 1 is 1.04 bits per heavy atom. The van der Waals surface area contributed by atoms with Crippen LogP contribution in [0.25, 0.3) is 39.5 Å². The minimum absolute atomic E-state index is 0.390. The van der Waals surface area contributed by atoms with Crippen molar-refractivity contribution in [3.05, 3.63) is 65.5 Å². The van der Waals surface area contributed by atoms with Crippen LogP contribution in [-0.4, -0.2) is 20.2 Å². The summed E-state index contributed by atoms with van der Waals surface area (Å²) in [5.74, 6) is 0.390. The molecule has 2 aromatic heterocycles. The zero-order valence-corrected chi connectivity index (χ0v) is 14.8. The number of benzene rings is 2. The van der Waals surface area contributed by atoms with Gasteiger partial charge in [0.25, 0.3) is 0 Å². The van der Waals surface area contributed by atoms with E-state index >= 15 is 0 Å². The van der Waals surface area contributed by atoms with Crippen LogP contribution in [0.1, 0.15) is 12.6 Å². The van der Waals surface area contributed by atoms with Crippen molar-refractivity contribution in [3.63, 3.8) is 0 Å². The standard InChI is InChI=1S/C20H16ClN5/c1-2-6-16-20(22)25-18(12-7-4-3-5-8-12)19(24-16)13-9-14-11-23-26-17(14)15(21)10-13/h2-11H,1H3,(H2,22,25)(H,23,26)/b6-2+. The van der Waals surface area contributed by atoms with Gasteiger partial charge in [0, 0.05) is 16.5 Å². The molecule has 0 fully saturated rings. The third-order valence-electron chi connectivity index (χ3n) is 4.10. The number of anilines is 1. The number of fused-ring (bicyclic) bond motifs is 1. The Morgan fingerprint density at radius 2 is 1.81 bits per heavy atom. The number of hydrogen-bond donors (Lipinski definition) is 2. The second-order valence-electron chi connectivity index (χ2n) is 5.85. The van der Waals surface area contributed by atoms with Gasteiger partial charge in [-0.25, -0.2) is 9.97 Å². The highest BCUT2D eigenvalue weighted by molar-refractivity contribution is 6.35. The fraction of sp³-hybridized carbons (Fsp3) is 0.0500. The Kier molecular flexibility index (Phi) is 4.14. The average Bonchev–Trinajstić information content (AvgIpc) is 3.13. The molecule has 0 aliphatic heterocycles. The molecule has 26 heavy (non-hydrogen) atoms. The lowest BCUT2D eigenvalue weighted by molar-refractivity contribution is 1.12. The molecular weight excluding hydrogens is 346 g/mol. The SMILES string of the molecule is C/C=C/c1nc(-c2cc(Cl)c3[nH]ncc3c2)c(-c2ccccc2)nc1N. The van der Waals surface area contributed by atoms with E-state index in [2.05, 4.69) is 15.2 Å². The number of nitrogens with two attached hydrogens (primary N) is 1. The molecule has 2 heterocycles. The highest BCUT2D eigenvalue weighted by atomic mass is 35.5. The Labute approximate surface area is 155 Å². The van der Waals surface area contributed by atoms with Gasteiger partial charge in [-0.1, -0.05) is 48.0 Å². The summed E-state index contributed by atoms with van der Waals surface area (Å²) in [6.07, 6.45) is 5.47. The second kappa shape index (κ2) is 6.61. The molecule has 0 aliphatic carbocycles. The summed E-state index contributed by atoms with van der Waals surface area (Å²) in [6.45, 7) is 1.92. The molecule has 0 bridgehead atoms. The van der Waals surface area contributed by atoms with E-state index in [4.69, 9.17) is 22.3 Å². The van der Waals surface area contributed by atoms with E-state index in [9.17, 15) is 0 Å². The molecule has 4 rings (SSSR count). The normalized spacial score (nSPS) is 11.5. The van der Waals surface area contributed by atoms with E-state index in [1.54, 1.807) is 6.20 Å². The van der Waals surface area contributed by atoms with Gasteiger partial charge < -0.3 is 5.73 Å². The first-order valence-electron chi connectivity index (χ1n) is 8.16. The summed E-state index contributed by atoms with van der Waals surface area (Å²) < 4.78 is 0. The van der Waals surface area contributed by atoms with Gasteiger partial charge in [0.1, 0.15) is 11.5 Å². The van der Waals surface area contributed by atoms with Crippen molar-refractivity contribution >= 4 is 34.4 Å². The van der Waals surface area contributed by atoms with Crippen LogP contribution in [0, 0.1) is 0 Å². The third-order valence-corrected chi connectivity index (χ3v) is 4.40. The van der Waals surface area contributed by atoms with E-state index in [1.165, 1.54) is 0 Å². The zero-order valence-electron chi connectivity index (χ0n) is 14.1. The third kappa shape index (κ3) is 2.82. The smallest absolute Gasteiger partial charge is 0.150 e. The number of H-pyrrole nitrogens is 1. The number of aromatic nitrogens is 4. The molecule has 0 spiro atoms. The van der Waals surface area contributed by atoms with E-state index in [0.29, 0.717) is 16.5 Å². The topological polar surface area (TPSA) is 80.5 Å². The van der Waals surface area contributed by atoms with Gasteiger partial charge in [0.2, 0.25) is 0 Å². The van der Waals surface area contributed by atoms with Gasteiger partial charge >= 0.3 is 0 Å². The predicted octanol–water partition coefficient (Wildman–Crippen LogP) is 4.96. The number of aromatic amines is 1. The highest BCUT2D eigenvalue weighted by Gasteiger charge is 2.16. The Hall–Kier alpha value is -3.18. The first kappa shape index (κ1) is 16.3. The van der Waals surface area contributed by atoms with Crippen molar-refractivity contribution in [2.75, 3.05) is 5.73 Å². The van der Waals surface area contributed by atoms with Crippen LogP contribution < -0.4 is 5.73 Å². The molecule has 0 unspecified atom stereocenters. The van der Waals surface area contributed by atoms with Crippen LogP contribution in [0.15, 0.2) is 54.7 Å². The van der Waals surface area contributed by atoms with Crippen LogP contribution in [0.3, 0.4) is 0 Å². The molecule has 128 valence electrons. The molecular formula is C20H16ClN5. The molecule has 0 atom stereocenters. The molecule has 0 saturated carbocycles. The largest absolute Gasteiger partial charge is 0.382 e. The van der Waals surface area contributed by atoms with Crippen LogP contribution in [0.2, 0.25) is 5.02 Å². The molecule has 4 aromatic rings. The Balaban J connectivity index is 2.02. The zero-order chi connectivity index (χ0) is 18.1. The van der Waals surface area contributed by atoms with Crippen molar-refractivity contribution in [2.45, 2.75) is 6.92 Å². The predicted molar refractivity (Wildman–Crippen MR) is 107 cm³/mol. The van der Waals surface area contributed by atoms with E-state index in [1.807, 2.05) is 61.5 Å². The number of nitrogen functional groups attached to an aromatic ring is 1. The number of hydrogen-bond acceptors (Lipinski definition) is 4. The molecule has 0 radical (unpaired) electrons. The number of rotatable bonds is 3. The van der Waals surface area contributed by atoms with Crippen LogP contribution in [0.4, 0.5) is 5.82 Å². The summed E-state index contributed by atoms with van der Waals surface area (Å²) in [6, 6.07) is 13.7. The molecule has 3 N–H and O–H groups in total.